The van der Waals surface area contributed by atoms with Crippen LogP contribution in [0.3, 0.4) is 0 Å². The molecule has 2 aromatic heterocycles. The summed E-state index contributed by atoms with van der Waals surface area (Å²) in [6, 6.07) is 15.7. The van der Waals surface area contributed by atoms with E-state index in [1.54, 1.807) is 42.4 Å². The number of benzene rings is 1. The van der Waals surface area contributed by atoms with Gasteiger partial charge in [0.05, 0.1) is 0 Å². The topological polar surface area (TPSA) is 55.2 Å². The van der Waals surface area contributed by atoms with Gasteiger partial charge in [-0.3, -0.25) is 14.6 Å². The summed E-state index contributed by atoms with van der Waals surface area (Å²) in [4.78, 5) is 32.9. The van der Waals surface area contributed by atoms with Crippen molar-refractivity contribution >= 4 is 17.7 Å². The van der Waals surface area contributed by atoms with Crippen LogP contribution >= 0.6 is 11.8 Å². The number of rotatable bonds is 3. The molecule has 2 atom stereocenters. The first-order valence-electron chi connectivity index (χ1n) is 10.2. The zero-order valence-electron chi connectivity index (χ0n) is 16.8. The van der Waals surface area contributed by atoms with E-state index in [2.05, 4.69) is 35.5 Å². The van der Waals surface area contributed by atoms with E-state index in [1.807, 2.05) is 15.5 Å². The lowest BCUT2D eigenvalue weighted by Crippen LogP contribution is -2.49. The molecule has 1 saturated heterocycles. The van der Waals surface area contributed by atoms with Gasteiger partial charge in [-0.1, -0.05) is 12.1 Å². The van der Waals surface area contributed by atoms with Crippen LogP contribution in [0.2, 0.25) is 0 Å². The SMILES string of the molecule is CSc1ccc(-c2ccc(=O)n3c2C2CC(CN(C(=O)c4ccncc4)C2)C3)cc1. The van der Waals surface area contributed by atoms with E-state index in [1.165, 1.54) is 4.90 Å². The van der Waals surface area contributed by atoms with Crippen molar-refractivity contribution in [2.75, 3.05) is 19.3 Å². The predicted molar refractivity (Wildman–Crippen MR) is 119 cm³/mol. The van der Waals surface area contributed by atoms with E-state index >= 15 is 0 Å². The van der Waals surface area contributed by atoms with Crippen LogP contribution in [-0.4, -0.2) is 39.7 Å². The predicted octanol–water partition coefficient (Wildman–Crippen LogP) is 3.89. The number of likely N-dealkylation sites (tertiary alicyclic amines) is 1. The quantitative estimate of drug-likeness (QED) is 0.607. The van der Waals surface area contributed by atoms with E-state index in [0.717, 1.165) is 23.2 Å². The summed E-state index contributed by atoms with van der Waals surface area (Å²) in [6.45, 7) is 1.99. The van der Waals surface area contributed by atoms with Crippen LogP contribution in [0.15, 0.2) is 70.6 Å². The summed E-state index contributed by atoms with van der Waals surface area (Å²) in [5.41, 5.74) is 4.01. The Morgan fingerprint density at radius 1 is 1.00 bits per heavy atom. The summed E-state index contributed by atoms with van der Waals surface area (Å²) in [6.07, 6.45) is 6.39. The second-order valence-corrected chi connectivity index (χ2v) is 8.93. The molecule has 0 radical (unpaired) electrons. The van der Waals surface area contributed by atoms with Gasteiger partial charge in [-0.25, -0.2) is 0 Å². The summed E-state index contributed by atoms with van der Waals surface area (Å²) >= 11 is 1.72. The molecule has 5 nitrogen and oxygen atoms in total. The fourth-order valence-electron chi connectivity index (χ4n) is 4.87. The average molecular weight is 418 g/mol. The minimum Gasteiger partial charge on any atom is -0.338 e. The lowest BCUT2D eigenvalue weighted by atomic mass is 9.80. The Labute approximate surface area is 179 Å². The Hall–Kier alpha value is -2.86. The maximum Gasteiger partial charge on any atom is 0.253 e. The molecule has 0 aliphatic carbocycles. The van der Waals surface area contributed by atoms with E-state index in [-0.39, 0.29) is 17.4 Å². The number of piperidine rings is 1. The van der Waals surface area contributed by atoms with Gasteiger partial charge in [0.15, 0.2) is 0 Å². The first-order chi connectivity index (χ1) is 14.6. The maximum atomic E-state index is 13.1. The standard InChI is InChI=1S/C24H23N3O2S/c1-30-20-4-2-17(3-5-20)21-6-7-22(28)27-14-16-12-19(23(21)27)15-26(13-16)24(29)18-8-10-25-11-9-18/h2-11,16,19H,12-15H2,1H3. The number of hydrogen-bond acceptors (Lipinski definition) is 4. The van der Waals surface area contributed by atoms with Gasteiger partial charge in [-0.15, -0.1) is 11.8 Å². The van der Waals surface area contributed by atoms with Gasteiger partial charge in [-0.2, -0.15) is 0 Å². The van der Waals surface area contributed by atoms with E-state index in [0.29, 0.717) is 31.1 Å². The molecule has 6 heteroatoms. The number of hydrogen-bond donors (Lipinski definition) is 0. The van der Waals surface area contributed by atoms with Crippen molar-refractivity contribution in [2.24, 2.45) is 5.92 Å². The molecular weight excluding hydrogens is 394 g/mol. The zero-order chi connectivity index (χ0) is 20.7. The van der Waals surface area contributed by atoms with Gasteiger partial charge in [0, 0.05) is 65.7 Å². The van der Waals surface area contributed by atoms with E-state index < -0.39 is 0 Å². The first kappa shape index (κ1) is 19.1. The second kappa shape index (κ2) is 7.76. The van der Waals surface area contributed by atoms with Crippen molar-refractivity contribution in [3.8, 4) is 11.1 Å². The van der Waals surface area contributed by atoms with Gasteiger partial charge >= 0.3 is 0 Å². The molecule has 3 aromatic rings. The summed E-state index contributed by atoms with van der Waals surface area (Å²) in [7, 11) is 0. The average Bonchev–Trinajstić information content (AvgIpc) is 2.80. The summed E-state index contributed by atoms with van der Waals surface area (Å²) < 4.78 is 1.95. The second-order valence-electron chi connectivity index (χ2n) is 8.05. The van der Waals surface area contributed by atoms with Gasteiger partial charge in [-0.05, 0) is 54.5 Å². The monoisotopic (exact) mass is 417 g/mol. The Morgan fingerprint density at radius 2 is 1.77 bits per heavy atom. The van der Waals surface area contributed by atoms with Crippen LogP contribution < -0.4 is 5.56 Å². The van der Waals surface area contributed by atoms with Crippen molar-refractivity contribution in [1.29, 1.82) is 0 Å². The highest BCUT2D eigenvalue weighted by Crippen LogP contribution is 2.40. The van der Waals surface area contributed by atoms with Crippen LogP contribution in [0.1, 0.15) is 28.4 Å². The van der Waals surface area contributed by atoms with Crippen LogP contribution in [0, 0.1) is 5.92 Å². The molecule has 1 fully saturated rings. The third kappa shape index (κ3) is 3.35. The fourth-order valence-corrected chi connectivity index (χ4v) is 5.28. The molecule has 152 valence electrons. The molecule has 1 amide bonds. The van der Waals surface area contributed by atoms with Gasteiger partial charge < -0.3 is 9.47 Å². The molecule has 1 aromatic carbocycles. The highest BCUT2D eigenvalue weighted by atomic mass is 32.2. The molecule has 4 heterocycles. The minimum atomic E-state index is 0.0460. The number of pyridine rings is 2. The molecule has 2 aliphatic rings. The molecule has 5 rings (SSSR count). The molecule has 0 spiro atoms. The van der Waals surface area contributed by atoms with Gasteiger partial charge in [0.25, 0.3) is 11.5 Å². The van der Waals surface area contributed by atoms with Crippen LogP contribution in [-0.2, 0) is 6.54 Å². The number of nitrogens with zero attached hydrogens (tertiary/aromatic N) is 3. The fraction of sp³-hybridized carbons (Fsp3) is 0.292. The zero-order valence-corrected chi connectivity index (χ0v) is 17.6. The van der Waals surface area contributed by atoms with Gasteiger partial charge in [0.2, 0.25) is 0 Å². The third-order valence-corrected chi connectivity index (χ3v) is 6.95. The smallest absolute Gasteiger partial charge is 0.253 e. The minimum absolute atomic E-state index is 0.0460. The molecule has 2 bridgehead atoms. The van der Waals surface area contributed by atoms with Crippen molar-refractivity contribution in [1.82, 2.24) is 14.5 Å². The van der Waals surface area contributed by atoms with E-state index in [4.69, 9.17) is 0 Å². The number of fused-ring (bicyclic) bond motifs is 4. The Bertz CT molecular complexity index is 1140. The van der Waals surface area contributed by atoms with E-state index in [9.17, 15) is 9.59 Å². The summed E-state index contributed by atoms with van der Waals surface area (Å²) in [5.74, 6) is 0.506. The van der Waals surface area contributed by atoms with Crippen molar-refractivity contribution < 1.29 is 4.79 Å². The number of thioether (sulfide) groups is 1. The molecule has 0 saturated carbocycles. The number of carbonyl (C=O) groups is 1. The van der Waals surface area contributed by atoms with Crippen LogP contribution in [0.25, 0.3) is 11.1 Å². The molecular formula is C24H23N3O2S. The lowest BCUT2D eigenvalue weighted by molar-refractivity contribution is 0.0595. The normalized spacial score (nSPS) is 20.0. The Morgan fingerprint density at radius 3 is 2.50 bits per heavy atom. The highest BCUT2D eigenvalue weighted by Gasteiger charge is 2.38. The highest BCUT2D eigenvalue weighted by molar-refractivity contribution is 7.98. The molecule has 2 aliphatic heterocycles. The third-order valence-electron chi connectivity index (χ3n) is 6.21. The van der Waals surface area contributed by atoms with Crippen LogP contribution in [0.5, 0.6) is 0 Å². The Kier molecular flexibility index (Phi) is 4.95. The number of amides is 1. The van der Waals surface area contributed by atoms with Gasteiger partial charge in [0.1, 0.15) is 0 Å². The maximum absolute atomic E-state index is 13.1. The lowest BCUT2D eigenvalue weighted by Gasteiger charge is -2.43. The summed E-state index contributed by atoms with van der Waals surface area (Å²) in [5, 5.41) is 0. The largest absolute Gasteiger partial charge is 0.338 e. The Balaban J connectivity index is 1.53. The number of aromatic nitrogens is 2. The van der Waals surface area contributed by atoms with Crippen molar-refractivity contribution in [2.45, 2.75) is 23.8 Å². The molecule has 0 N–H and O–H groups in total. The molecule has 2 unspecified atom stereocenters. The first-order valence-corrected chi connectivity index (χ1v) is 11.4. The van der Waals surface area contributed by atoms with Crippen LogP contribution in [0.4, 0.5) is 0 Å². The molecule has 30 heavy (non-hydrogen) atoms. The van der Waals surface area contributed by atoms with Crippen molar-refractivity contribution in [3.05, 3.63) is 82.5 Å². The van der Waals surface area contributed by atoms with Crippen molar-refractivity contribution in [3.63, 3.8) is 0 Å². The number of carbonyl (C=O) groups excluding carboxylic acids is 1.